The first-order valence-corrected chi connectivity index (χ1v) is 6.32. The van der Waals surface area contributed by atoms with Crippen LogP contribution in [-0.2, 0) is 9.59 Å². The molecule has 2 N–H and O–H groups in total. The molecule has 0 bridgehead atoms. The van der Waals surface area contributed by atoms with Crippen LogP contribution in [-0.4, -0.2) is 47.6 Å². The molecule has 96 valence electrons. The lowest BCUT2D eigenvalue weighted by Crippen LogP contribution is -2.47. The summed E-state index contributed by atoms with van der Waals surface area (Å²) in [7, 11) is 1.59. The molecule has 1 aliphatic carbocycles. The van der Waals surface area contributed by atoms with Gasteiger partial charge in [0.15, 0.2) is 0 Å². The van der Waals surface area contributed by atoms with Crippen LogP contribution in [0.2, 0.25) is 0 Å². The van der Waals surface area contributed by atoms with Crippen molar-refractivity contribution in [3.05, 3.63) is 0 Å². The van der Waals surface area contributed by atoms with E-state index in [0.717, 1.165) is 19.3 Å². The number of hydrogen-bond acceptors (Lipinski definition) is 3. The fraction of sp³-hybridized carbons (Fsp3) is 0.833. The van der Waals surface area contributed by atoms with Crippen molar-refractivity contribution in [2.24, 2.45) is 5.92 Å². The molecule has 2 aliphatic rings. The highest BCUT2D eigenvalue weighted by atomic mass is 16.4. The second-order valence-electron chi connectivity index (χ2n) is 5.05. The standard InChI is InChI=1S/C12H20N2O3/c1-13-11(15)7-14-9-5-3-2-4-8(9)6-10(14)12(16)17/h8-10H,2-7H2,1H3,(H,13,15)(H,16,17). The van der Waals surface area contributed by atoms with E-state index < -0.39 is 12.0 Å². The smallest absolute Gasteiger partial charge is 0.320 e. The molecule has 0 aromatic rings. The van der Waals surface area contributed by atoms with E-state index in [1.54, 1.807) is 7.05 Å². The van der Waals surface area contributed by atoms with Gasteiger partial charge in [-0.3, -0.25) is 14.5 Å². The van der Waals surface area contributed by atoms with E-state index in [0.29, 0.717) is 18.4 Å². The zero-order valence-electron chi connectivity index (χ0n) is 10.2. The Labute approximate surface area is 101 Å². The van der Waals surface area contributed by atoms with Gasteiger partial charge in [0.2, 0.25) is 5.91 Å². The number of hydrogen-bond donors (Lipinski definition) is 2. The molecule has 1 saturated heterocycles. The second kappa shape index (κ2) is 5.04. The predicted molar refractivity (Wildman–Crippen MR) is 62.6 cm³/mol. The fourth-order valence-corrected chi connectivity index (χ4v) is 3.27. The second-order valence-corrected chi connectivity index (χ2v) is 5.05. The summed E-state index contributed by atoms with van der Waals surface area (Å²) in [5, 5.41) is 11.8. The lowest BCUT2D eigenvalue weighted by molar-refractivity contribution is -0.143. The van der Waals surface area contributed by atoms with Crippen LogP contribution in [0.25, 0.3) is 0 Å². The third-order valence-electron chi connectivity index (χ3n) is 4.11. The number of nitrogens with one attached hydrogen (secondary N) is 1. The Kier molecular flexibility index (Phi) is 3.66. The number of likely N-dealkylation sites (tertiary alicyclic amines) is 1. The van der Waals surface area contributed by atoms with Gasteiger partial charge in [-0.15, -0.1) is 0 Å². The summed E-state index contributed by atoms with van der Waals surface area (Å²) in [4.78, 5) is 24.6. The number of carboxylic acids is 1. The summed E-state index contributed by atoms with van der Waals surface area (Å²) in [6.07, 6.45) is 5.19. The van der Waals surface area contributed by atoms with E-state index in [1.165, 1.54) is 6.42 Å². The van der Waals surface area contributed by atoms with E-state index in [4.69, 9.17) is 0 Å². The summed E-state index contributed by atoms with van der Waals surface area (Å²) in [6, 6.07) is -0.178. The monoisotopic (exact) mass is 240 g/mol. The maximum Gasteiger partial charge on any atom is 0.320 e. The molecule has 5 heteroatoms. The van der Waals surface area contributed by atoms with E-state index in [9.17, 15) is 14.7 Å². The van der Waals surface area contributed by atoms with Crippen molar-refractivity contribution in [2.75, 3.05) is 13.6 Å². The molecule has 5 nitrogen and oxygen atoms in total. The summed E-state index contributed by atoms with van der Waals surface area (Å²) in [5.41, 5.74) is 0. The minimum atomic E-state index is -0.789. The van der Waals surface area contributed by atoms with Crippen LogP contribution in [0, 0.1) is 5.92 Å². The molecule has 0 aromatic carbocycles. The van der Waals surface area contributed by atoms with Gasteiger partial charge in [-0.05, 0) is 25.2 Å². The maximum absolute atomic E-state index is 11.5. The molecule has 2 fully saturated rings. The summed E-state index contributed by atoms with van der Waals surface area (Å²) < 4.78 is 0. The molecule has 3 atom stereocenters. The summed E-state index contributed by atoms with van der Waals surface area (Å²) in [5.74, 6) is -0.416. The molecular formula is C12H20N2O3. The van der Waals surface area contributed by atoms with E-state index >= 15 is 0 Å². The van der Waals surface area contributed by atoms with Gasteiger partial charge in [-0.25, -0.2) is 0 Å². The molecule has 2 rings (SSSR count). The SMILES string of the molecule is CNC(=O)CN1C(C(=O)O)CC2CCCCC21. The Bertz CT molecular complexity index is 319. The van der Waals surface area contributed by atoms with Crippen LogP contribution in [0.15, 0.2) is 0 Å². The van der Waals surface area contributed by atoms with E-state index in [1.807, 2.05) is 4.90 Å². The lowest BCUT2D eigenvalue weighted by Gasteiger charge is -2.32. The van der Waals surface area contributed by atoms with Crippen LogP contribution in [0.4, 0.5) is 0 Å². The molecule has 1 amide bonds. The maximum atomic E-state index is 11.5. The zero-order valence-corrected chi connectivity index (χ0v) is 10.2. The first-order valence-electron chi connectivity index (χ1n) is 6.32. The number of carboxylic acid groups (broad SMARTS) is 1. The van der Waals surface area contributed by atoms with E-state index in [-0.39, 0.29) is 12.5 Å². The lowest BCUT2D eigenvalue weighted by atomic mass is 9.85. The van der Waals surface area contributed by atoms with Crippen molar-refractivity contribution in [3.8, 4) is 0 Å². The zero-order chi connectivity index (χ0) is 12.4. The number of nitrogens with zero attached hydrogens (tertiary/aromatic N) is 1. The van der Waals surface area contributed by atoms with Crippen molar-refractivity contribution in [3.63, 3.8) is 0 Å². The summed E-state index contributed by atoms with van der Waals surface area (Å²) >= 11 is 0. The molecule has 0 spiro atoms. The van der Waals surface area contributed by atoms with Crippen LogP contribution < -0.4 is 5.32 Å². The molecule has 1 aliphatic heterocycles. The summed E-state index contributed by atoms with van der Waals surface area (Å²) in [6.45, 7) is 0.217. The quantitative estimate of drug-likeness (QED) is 0.751. The van der Waals surface area contributed by atoms with Gasteiger partial charge in [0.1, 0.15) is 6.04 Å². The molecule has 1 heterocycles. The third-order valence-corrected chi connectivity index (χ3v) is 4.11. The number of carbonyl (C=O) groups excluding carboxylic acids is 1. The molecule has 0 radical (unpaired) electrons. The minimum Gasteiger partial charge on any atom is -0.480 e. The average molecular weight is 240 g/mol. The average Bonchev–Trinajstić information content (AvgIpc) is 2.68. The molecule has 0 aromatic heterocycles. The van der Waals surface area contributed by atoms with Gasteiger partial charge in [0, 0.05) is 13.1 Å². The van der Waals surface area contributed by atoms with Crippen LogP contribution >= 0.6 is 0 Å². The fourth-order valence-electron chi connectivity index (χ4n) is 3.27. The van der Waals surface area contributed by atoms with Crippen molar-refractivity contribution in [1.29, 1.82) is 0 Å². The van der Waals surface area contributed by atoms with Gasteiger partial charge >= 0.3 is 5.97 Å². The highest BCUT2D eigenvalue weighted by molar-refractivity contribution is 5.80. The molecular weight excluding hydrogens is 220 g/mol. The van der Waals surface area contributed by atoms with E-state index in [2.05, 4.69) is 5.32 Å². The number of rotatable bonds is 3. The van der Waals surface area contributed by atoms with Gasteiger partial charge in [0.05, 0.1) is 6.54 Å². The Balaban J connectivity index is 2.11. The highest BCUT2D eigenvalue weighted by Gasteiger charge is 2.45. The van der Waals surface area contributed by atoms with Crippen LogP contribution in [0.5, 0.6) is 0 Å². The number of amides is 1. The van der Waals surface area contributed by atoms with Gasteiger partial charge in [-0.2, -0.15) is 0 Å². The minimum absolute atomic E-state index is 0.0949. The van der Waals surface area contributed by atoms with Gasteiger partial charge in [-0.1, -0.05) is 12.8 Å². The van der Waals surface area contributed by atoms with Crippen molar-refractivity contribution in [1.82, 2.24) is 10.2 Å². The Morgan fingerprint density at radius 1 is 1.35 bits per heavy atom. The molecule has 1 saturated carbocycles. The van der Waals surface area contributed by atoms with Crippen molar-refractivity contribution < 1.29 is 14.7 Å². The number of aliphatic carboxylic acids is 1. The van der Waals surface area contributed by atoms with Crippen molar-refractivity contribution in [2.45, 2.75) is 44.2 Å². The Morgan fingerprint density at radius 3 is 2.71 bits per heavy atom. The molecule has 3 unspecified atom stereocenters. The first-order chi connectivity index (χ1) is 8.13. The van der Waals surface area contributed by atoms with Crippen molar-refractivity contribution >= 4 is 11.9 Å². The first kappa shape index (κ1) is 12.4. The largest absolute Gasteiger partial charge is 0.480 e. The number of fused-ring (bicyclic) bond motifs is 1. The topological polar surface area (TPSA) is 69.6 Å². The highest BCUT2D eigenvalue weighted by Crippen LogP contribution is 2.39. The predicted octanol–water partition coefficient (Wildman–Crippen LogP) is 0.450. The molecule has 17 heavy (non-hydrogen) atoms. The van der Waals surface area contributed by atoms with Crippen LogP contribution in [0.1, 0.15) is 32.1 Å². The number of likely N-dealkylation sites (N-methyl/N-ethyl adjacent to an activating group) is 1. The van der Waals surface area contributed by atoms with Gasteiger partial charge in [0.25, 0.3) is 0 Å². The number of carbonyl (C=O) groups is 2. The normalized spacial score (nSPS) is 33.1. The van der Waals surface area contributed by atoms with Crippen LogP contribution in [0.3, 0.4) is 0 Å². The van der Waals surface area contributed by atoms with Gasteiger partial charge < -0.3 is 10.4 Å². The Hall–Kier alpha value is -1.10. The Morgan fingerprint density at radius 2 is 2.06 bits per heavy atom. The third kappa shape index (κ3) is 2.44.